The van der Waals surface area contributed by atoms with Gasteiger partial charge in [-0.05, 0) is 38.0 Å². The highest BCUT2D eigenvalue weighted by Gasteiger charge is 2.26. The maximum absolute atomic E-state index is 12.2. The van der Waals surface area contributed by atoms with Crippen LogP contribution in [0.4, 0.5) is 11.4 Å². The standard InChI is InChI=1S/C15H22N4O2/c1-2-18-15(21)12-6-5-11(16)8-13(12)19-7-3-4-10(9-19)14(17)20/h5-6,8,10H,2-4,7,9,16H2,1H3,(H2,17,20)(H,18,21). The van der Waals surface area contributed by atoms with Crippen LogP contribution in [0.25, 0.3) is 0 Å². The number of nitrogen functional groups attached to an aromatic ring is 1. The van der Waals surface area contributed by atoms with E-state index in [9.17, 15) is 9.59 Å². The number of hydrogen-bond donors (Lipinski definition) is 3. The van der Waals surface area contributed by atoms with E-state index >= 15 is 0 Å². The molecule has 0 bridgehead atoms. The highest BCUT2D eigenvalue weighted by molar-refractivity contribution is 6.00. The molecule has 6 nitrogen and oxygen atoms in total. The predicted molar refractivity (Wildman–Crippen MR) is 83.0 cm³/mol. The number of hydrogen-bond acceptors (Lipinski definition) is 4. The number of piperidine rings is 1. The van der Waals surface area contributed by atoms with Crippen LogP contribution < -0.4 is 21.7 Å². The number of rotatable bonds is 4. The molecule has 1 atom stereocenters. The zero-order chi connectivity index (χ0) is 15.4. The van der Waals surface area contributed by atoms with Crippen molar-refractivity contribution >= 4 is 23.2 Å². The lowest BCUT2D eigenvalue weighted by Gasteiger charge is -2.34. The van der Waals surface area contributed by atoms with Crippen molar-refractivity contribution < 1.29 is 9.59 Å². The SMILES string of the molecule is CCNC(=O)c1ccc(N)cc1N1CCCC(C(N)=O)C1. The molecule has 21 heavy (non-hydrogen) atoms. The van der Waals surface area contributed by atoms with E-state index in [1.807, 2.05) is 11.8 Å². The Labute approximate surface area is 124 Å². The van der Waals surface area contributed by atoms with Gasteiger partial charge >= 0.3 is 0 Å². The zero-order valence-electron chi connectivity index (χ0n) is 12.3. The van der Waals surface area contributed by atoms with E-state index in [2.05, 4.69) is 5.32 Å². The van der Waals surface area contributed by atoms with Gasteiger partial charge in [0.15, 0.2) is 0 Å². The Morgan fingerprint density at radius 3 is 2.86 bits per heavy atom. The molecule has 1 aromatic rings. The van der Waals surface area contributed by atoms with Gasteiger partial charge in [-0.15, -0.1) is 0 Å². The van der Waals surface area contributed by atoms with E-state index in [1.54, 1.807) is 18.2 Å². The zero-order valence-corrected chi connectivity index (χ0v) is 12.3. The smallest absolute Gasteiger partial charge is 0.253 e. The summed E-state index contributed by atoms with van der Waals surface area (Å²) in [5, 5.41) is 2.80. The van der Waals surface area contributed by atoms with Gasteiger partial charge in [-0.25, -0.2) is 0 Å². The van der Waals surface area contributed by atoms with Gasteiger partial charge in [0.2, 0.25) is 5.91 Å². The highest BCUT2D eigenvalue weighted by atomic mass is 16.2. The summed E-state index contributed by atoms with van der Waals surface area (Å²) in [5.74, 6) is -0.598. The summed E-state index contributed by atoms with van der Waals surface area (Å²) in [6.07, 6.45) is 1.67. The second-order valence-electron chi connectivity index (χ2n) is 5.32. The average Bonchev–Trinajstić information content (AvgIpc) is 2.47. The van der Waals surface area contributed by atoms with Gasteiger partial charge in [-0.2, -0.15) is 0 Å². The van der Waals surface area contributed by atoms with E-state index < -0.39 is 0 Å². The summed E-state index contributed by atoms with van der Waals surface area (Å²) in [7, 11) is 0. The second-order valence-corrected chi connectivity index (χ2v) is 5.32. The first-order chi connectivity index (χ1) is 10.0. The van der Waals surface area contributed by atoms with E-state index in [-0.39, 0.29) is 17.7 Å². The van der Waals surface area contributed by atoms with Crippen LogP contribution in [0.2, 0.25) is 0 Å². The fourth-order valence-corrected chi connectivity index (χ4v) is 2.69. The van der Waals surface area contributed by atoms with Gasteiger partial charge in [0.25, 0.3) is 5.91 Å². The molecule has 1 aliphatic heterocycles. The Morgan fingerprint density at radius 2 is 2.19 bits per heavy atom. The van der Waals surface area contributed by atoms with Gasteiger partial charge < -0.3 is 21.7 Å². The Hall–Kier alpha value is -2.24. The van der Waals surface area contributed by atoms with E-state index in [1.165, 1.54) is 0 Å². The molecule has 1 aromatic carbocycles. The lowest BCUT2D eigenvalue weighted by Crippen LogP contribution is -2.42. The summed E-state index contributed by atoms with van der Waals surface area (Å²) in [6, 6.07) is 5.22. The maximum Gasteiger partial charge on any atom is 0.253 e. The summed E-state index contributed by atoms with van der Waals surface area (Å²) in [5.41, 5.74) is 13.2. The molecule has 2 rings (SSSR count). The molecule has 0 spiro atoms. The first kappa shape index (κ1) is 15.2. The number of carbonyl (C=O) groups is 2. The van der Waals surface area contributed by atoms with Crippen molar-refractivity contribution in [2.75, 3.05) is 30.3 Å². The fraction of sp³-hybridized carbons (Fsp3) is 0.467. The number of primary amides is 1. The second kappa shape index (κ2) is 6.47. The first-order valence-corrected chi connectivity index (χ1v) is 7.25. The van der Waals surface area contributed by atoms with Crippen molar-refractivity contribution in [1.29, 1.82) is 0 Å². The van der Waals surface area contributed by atoms with Crippen LogP contribution in [0.5, 0.6) is 0 Å². The summed E-state index contributed by atoms with van der Waals surface area (Å²) < 4.78 is 0. The predicted octanol–water partition coefficient (Wildman–Crippen LogP) is 0.720. The molecule has 0 aromatic heterocycles. The monoisotopic (exact) mass is 290 g/mol. The van der Waals surface area contributed by atoms with E-state index in [0.717, 1.165) is 25.1 Å². The normalized spacial score (nSPS) is 18.3. The highest BCUT2D eigenvalue weighted by Crippen LogP contribution is 2.28. The molecule has 2 amide bonds. The molecule has 1 fully saturated rings. The minimum Gasteiger partial charge on any atom is -0.399 e. The first-order valence-electron chi connectivity index (χ1n) is 7.25. The molecule has 0 aliphatic carbocycles. The van der Waals surface area contributed by atoms with Crippen LogP contribution in [0.3, 0.4) is 0 Å². The molecule has 1 saturated heterocycles. The maximum atomic E-state index is 12.2. The summed E-state index contributed by atoms with van der Waals surface area (Å²) >= 11 is 0. The molecule has 1 unspecified atom stereocenters. The third-order valence-electron chi connectivity index (χ3n) is 3.77. The van der Waals surface area contributed by atoms with Crippen LogP contribution in [0, 0.1) is 5.92 Å². The third kappa shape index (κ3) is 3.45. The quantitative estimate of drug-likeness (QED) is 0.711. The minimum absolute atomic E-state index is 0.131. The Morgan fingerprint density at radius 1 is 1.43 bits per heavy atom. The van der Waals surface area contributed by atoms with Crippen molar-refractivity contribution in [3.8, 4) is 0 Å². The molecule has 5 N–H and O–H groups in total. The van der Waals surface area contributed by atoms with Crippen LogP contribution in [0.15, 0.2) is 18.2 Å². The van der Waals surface area contributed by atoms with E-state index in [0.29, 0.717) is 24.3 Å². The number of benzene rings is 1. The molecular formula is C15H22N4O2. The minimum atomic E-state index is -0.289. The van der Waals surface area contributed by atoms with Crippen LogP contribution in [0.1, 0.15) is 30.1 Å². The van der Waals surface area contributed by atoms with Crippen molar-refractivity contribution in [3.63, 3.8) is 0 Å². The molecule has 1 aliphatic rings. The average molecular weight is 290 g/mol. The summed E-state index contributed by atoms with van der Waals surface area (Å²) in [4.78, 5) is 25.6. The van der Waals surface area contributed by atoms with Crippen molar-refractivity contribution in [2.45, 2.75) is 19.8 Å². The van der Waals surface area contributed by atoms with Gasteiger partial charge in [0.1, 0.15) is 0 Å². The number of amides is 2. The Balaban J connectivity index is 2.30. The topological polar surface area (TPSA) is 101 Å². The number of nitrogens with two attached hydrogens (primary N) is 2. The molecule has 114 valence electrons. The third-order valence-corrected chi connectivity index (χ3v) is 3.77. The van der Waals surface area contributed by atoms with Gasteiger partial charge in [0.05, 0.1) is 17.2 Å². The molecule has 0 radical (unpaired) electrons. The Bertz CT molecular complexity index is 544. The molecule has 1 heterocycles. The van der Waals surface area contributed by atoms with E-state index in [4.69, 9.17) is 11.5 Å². The number of carbonyl (C=O) groups excluding carboxylic acids is 2. The van der Waals surface area contributed by atoms with Crippen LogP contribution >= 0.6 is 0 Å². The van der Waals surface area contributed by atoms with Crippen LogP contribution in [-0.4, -0.2) is 31.4 Å². The molecule has 0 saturated carbocycles. The van der Waals surface area contributed by atoms with Crippen LogP contribution in [-0.2, 0) is 4.79 Å². The number of nitrogens with one attached hydrogen (secondary N) is 1. The van der Waals surface area contributed by atoms with Crippen molar-refractivity contribution in [3.05, 3.63) is 23.8 Å². The van der Waals surface area contributed by atoms with Crippen molar-refractivity contribution in [2.24, 2.45) is 11.7 Å². The molecule has 6 heteroatoms. The van der Waals surface area contributed by atoms with Gasteiger partial charge in [-0.3, -0.25) is 9.59 Å². The Kier molecular flexibility index (Phi) is 4.67. The number of nitrogens with zero attached hydrogens (tertiary/aromatic N) is 1. The number of anilines is 2. The van der Waals surface area contributed by atoms with Gasteiger partial charge in [0, 0.05) is 25.3 Å². The fourth-order valence-electron chi connectivity index (χ4n) is 2.69. The molecular weight excluding hydrogens is 268 g/mol. The summed E-state index contributed by atoms with van der Waals surface area (Å²) in [6.45, 7) is 3.76. The largest absolute Gasteiger partial charge is 0.399 e. The lowest BCUT2D eigenvalue weighted by atomic mass is 9.96. The van der Waals surface area contributed by atoms with Gasteiger partial charge in [-0.1, -0.05) is 0 Å². The van der Waals surface area contributed by atoms with Crippen molar-refractivity contribution in [1.82, 2.24) is 5.32 Å². The lowest BCUT2D eigenvalue weighted by molar-refractivity contribution is -0.122.